The van der Waals surface area contributed by atoms with Crippen LogP contribution in [0.5, 0.6) is 5.75 Å². The monoisotopic (exact) mass is 300 g/mol. The number of carbonyl (C=O) groups excluding carboxylic acids is 1. The summed E-state index contributed by atoms with van der Waals surface area (Å²) in [7, 11) is 0. The van der Waals surface area contributed by atoms with Gasteiger partial charge in [-0.15, -0.1) is 0 Å². The van der Waals surface area contributed by atoms with E-state index in [2.05, 4.69) is 26.2 Å². The summed E-state index contributed by atoms with van der Waals surface area (Å²) in [5, 5.41) is 12.8. The van der Waals surface area contributed by atoms with E-state index >= 15 is 0 Å². The van der Waals surface area contributed by atoms with Crippen molar-refractivity contribution in [1.82, 2.24) is 5.32 Å². The predicted molar refractivity (Wildman–Crippen MR) is 68.0 cm³/mol. The highest BCUT2D eigenvalue weighted by molar-refractivity contribution is 9.10. The fraction of sp³-hybridized carbons (Fsp3) is 0.200. The number of rotatable bonds is 1. The number of amidine groups is 1. The summed E-state index contributed by atoms with van der Waals surface area (Å²) in [5.41, 5.74) is 0.240. The van der Waals surface area contributed by atoms with Crippen LogP contribution in [0.3, 0.4) is 0 Å². The first kappa shape index (κ1) is 11.5. The van der Waals surface area contributed by atoms with Crippen molar-refractivity contribution in [2.45, 2.75) is 0 Å². The molecule has 6 heteroatoms. The zero-order chi connectivity index (χ0) is 11.5. The van der Waals surface area contributed by atoms with E-state index in [4.69, 9.17) is 0 Å². The van der Waals surface area contributed by atoms with Crippen molar-refractivity contribution in [2.24, 2.45) is 4.99 Å². The molecule has 1 aromatic rings. The Kier molecular flexibility index (Phi) is 3.50. The van der Waals surface area contributed by atoms with Gasteiger partial charge in [0.15, 0.2) is 5.17 Å². The van der Waals surface area contributed by atoms with Crippen LogP contribution in [0.1, 0.15) is 10.4 Å². The van der Waals surface area contributed by atoms with Crippen molar-refractivity contribution in [3.8, 4) is 5.75 Å². The highest BCUT2D eigenvalue weighted by Gasteiger charge is 2.15. The fourth-order valence-corrected chi connectivity index (χ4v) is 2.35. The molecule has 2 rings (SSSR count). The highest BCUT2D eigenvalue weighted by Crippen LogP contribution is 2.22. The molecule has 0 aliphatic carbocycles. The third kappa shape index (κ3) is 2.56. The zero-order valence-electron chi connectivity index (χ0n) is 8.24. The average Bonchev–Trinajstić information content (AvgIpc) is 2.74. The number of aliphatic imine (C=N–C) groups is 1. The van der Waals surface area contributed by atoms with Crippen molar-refractivity contribution in [3.05, 3.63) is 28.2 Å². The van der Waals surface area contributed by atoms with E-state index in [1.54, 1.807) is 12.1 Å². The molecule has 16 heavy (non-hydrogen) atoms. The molecule has 1 aromatic carbocycles. The zero-order valence-corrected chi connectivity index (χ0v) is 10.6. The Morgan fingerprint density at radius 1 is 1.56 bits per heavy atom. The van der Waals surface area contributed by atoms with Gasteiger partial charge in [-0.05, 0) is 18.2 Å². The largest absolute Gasteiger partial charge is 0.507 e. The van der Waals surface area contributed by atoms with Gasteiger partial charge in [-0.2, -0.15) is 0 Å². The van der Waals surface area contributed by atoms with Crippen LogP contribution in [0.2, 0.25) is 0 Å². The van der Waals surface area contributed by atoms with E-state index in [9.17, 15) is 9.90 Å². The first-order chi connectivity index (χ1) is 7.66. The maximum absolute atomic E-state index is 11.8. The van der Waals surface area contributed by atoms with Crippen LogP contribution in [-0.4, -0.2) is 28.5 Å². The van der Waals surface area contributed by atoms with E-state index in [0.717, 1.165) is 16.8 Å². The summed E-state index contributed by atoms with van der Waals surface area (Å²) >= 11 is 4.75. The van der Waals surface area contributed by atoms with E-state index < -0.39 is 0 Å². The molecule has 0 fully saturated rings. The van der Waals surface area contributed by atoms with Crippen molar-refractivity contribution in [2.75, 3.05) is 12.3 Å². The number of hydrogen-bond donors (Lipinski definition) is 2. The molecule has 0 radical (unpaired) electrons. The van der Waals surface area contributed by atoms with Crippen LogP contribution in [0.15, 0.2) is 27.7 Å². The molecule has 0 saturated heterocycles. The Labute approximate surface area is 105 Å². The minimum absolute atomic E-state index is 0.0377. The molecule has 0 bridgehead atoms. The van der Waals surface area contributed by atoms with Gasteiger partial charge >= 0.3 is 0 Å². The Morgan fingerprint density at radius 2 is 2.38 bits per heavy atom. The van der Waals surface area contributed by atoms with Crippen LogP contribution < -0.4 is 5.32 Å². The van der Waals surface area contributed by atoms with E-state index in [1.807, 2.05) is 0 Å². The Bertz CT molecular complexity index is 462. The van der Waals surface area contributed by atoms with Gasteiger partial charge < -0.3 is 10.4 Å². The minimum Gasteiger partial charge on any atom is -0.507 e. The lowest BCUT2D eigenvalue weighted by molar-refractivity contribution is 0.0975. The lowest BCUT2D eigenvalue weighted by Gasteiger charge is -2.06. The molecular weight excluding hydrogens is 292 g/mol. The number of nitrogens with zero attached hydrogens (tertiary/aromatic N) is 1. The van der Waals surface area contributed by atoms with Crippen LogP contribution in [-0.2, 0) is 0 Å². The molecule has 1 amide bonds. The van der Waals surface area contributed by atoms with Gasteiger partial charge in [-0.1, -0.05) is 27.7 Å². The fourth-order valence-electron chi connectivity index (χ4n) is 1.27. The molecule has 0 aromatic heterocycles. The van der Waals surface area contributed by atoms with Crippen LogP contribution in [0.4, 0.5) is 0 Å². The molecule has 2 N–H and O–H groups in total. The lowest BCUT2D eigenvalue weighted by atomic mass is 10.2. The van der Waals surface area contributed by atoms with Gasteiger partial charge in [0, 0.05) is 10.2 Å². The predicted octanol–water partition coefficient (Wildman–Crippen LogP) is 1.99. The van der Waals surface area contributed by atoms with Crippen molar-refractivity contribution in [3.63, 3.8) is 0 Å². The molecule has 0 spiro atoms. The number of thioether (sulfide) groups is 1. The molecule has 0 saturated carbocycles. The van der Waals surface area contributed by atoms with Crippen molar-refractivity contribution < 1.29 is 9.90 Å². The van der Waals surface area contributed by atoms with Crippen LogP contribution >= 0.6 is 27.7 Å². The molecule has 84 valence electrons. The second-order valence-corrected chi connectivity index (χ2v) is 5.15. The maximum atomic E-state index is 11.8. The maximum Gasteiger partial charge on any atom is 0.261 e. The second-order valence-electron chi connectivity index (χ2n) is 3.15. The molecule has 4 nitrogen and oxygen atoms in total. The summed E-state index contributed by atoms with van der Waals surface area (Å²) in [6, 6.07) is 4.72. The van der Waals surface area contributed by atoms with Gasteiger partial charge in [-0.25, -0.2) is 0 Å². The lowest BCUT2D eigenvalue weighted by Crippen LogP contribution is -2.27. The molecule has 0 unspecified atom stereocenters. The standard InChI is InChI=1S/C10H9BrN2O2S/c11-6-1-2-8(14)7(5-6)9(15)13-10-12-3-4-16-10/h1-2,5,14H,3-4H2,(H,12,13,15). The van der Waals surface area contributed by atoms with Gasteiger partial charge in [0.2, 0.25) is 0 Å². The molecule has 1 aliphatic heterocycles. The Hall–Kier alpha value is -1.01. The Balaban J connectivity index is 2.16. The quantitative estimate of drug-likeness (QED) is 0.834. The summed E-state index contributed by atoms with van der Waals surface area (Å²) in [5.74, 6) is 0.510. The number of halogens is 1. The number of amides is 1. The van der Waals surface area contributed by atoms with Gasteiger partial charge in [0.05, 0.1) is 12.1 Å². The topological polar surface area (TPSA) is 61.7 Å². The van der Waals surface area contributed by atoms with Gasteiger partial charge in [-0.3, -0.25) is 9.79 Å². The minimum atomic E-state index is -0.341. The summed E-state index contributed by atoms with van der Waals surface area (Å²) in [6.45, 7) is 0.727. The number of aromatic hydroxyl groups is 1. The number of hydrogen-bond acceptors (Lipinski definition) is 4. The summed E-state index contributed by atoms with van der Waals surface area (Å²) in [6.07, 6.45) is 0. The van der Waals surface area contributed by atoms with E-state index in [-0.39, 0.29) is 17.2 Å². The smallest absolute Gasteiger partial charge is 0.261 e. The van der Waals surface area contributed by atoms with Crippen LogP contribution in [0.25, 0.3) is 0 Å². The normalized spacial score (nSPS) is 14.7. The third-order valence-electron chi connectivity index (χ3n) is 2.01. The van der Waals surface area contributed by atoms with E-state index in [1.165, 1.54) is 17.8 Å². The Morgan fingerprint density at radius 3 is 3.06 bits per heavy atom. The SMILES string of the molecule is O=C(NC1=NCCS1)c1cc(Br)ccc1O. The molecule has 0 atom stereocenters. The van der Waals surface area contributed by atoms with E-state index in [0.29, 0.717) is 5.17 Å². The van der Waals surface area contributed by atoms with Crippen molar-refractivity contribution in [1.29, 1.82) is 0 Å². The van der Waals surface area contributed by atoms with Crippen molar-refractivity contribution >= 4 is 38.8 Å². The number of carbonyl (C=O) groups is 1. The first-order valence-electron chi connectivity index (χ1n) is 4.64. The average molecular weight is 301 g/mol. The van der Waals surface area contributed by atoms with Gasteiger partial charge in [0.1, 0.15) is 5.75 Å². The molecule has 1 aliphatic rings. The number of benzene rings is 1. The summed E-state index contributed by atoms with van der Waals surface area (Å²) < 4.78 is 0.747. The number of phenols is 1. The number of phenolic OH excluding ortho intramolecular Hbond substituents is 1. The van der Waals surface area contributed by atoms with Gasteiger partial charge in [0.25, 0.3) is 5.91 Å². The first-order valence-corrected chi connectivity index (χ1v) is 6.42. The summed E-state index contributed by atoms with van der Waals surface area (Å²) in [4.78, 5) is 15.9. The molecular formula is C10H9BrN2O2S. The second kappa shape index (κ2) is 4.88. The highest BCUT2D eigenvalue weighted by atomic mass is 79.9. The number of nitrogens with one attached hydrogen (secondary N) is 1. The third-order valence-corrected chi connectivity index (χ3v) is 3.39. The van der Waals surface area contributed by atoms with Crippen LogP contribution in [0, 0.1) is 0 Å². The molecule has 1 heterocycles.